The largest absolute Gasteiger partial charge is 0.454 e. The fraction of sp³-hybridized carbons (Fsp3) is 0.0345. The minimum atomic E-state index is -0.827. The van der Waals surface area contributed by atoms with Crippen LogP contribution in [0.5, 0.6) is 0 Å². The van der Waals surface area contributed by atoms with Gasteiger partial charge in [0.2, 0.25) is 0 Å². The number of esters is 1. The van der Waals surface area contributed by atoms with Gasteiger partial charge in [-0.3, -0.25) is 14.4 Å². The van der Waals surface area contributed by atoms with E-state index < -0.39 is 18.4 Å². The summed E-state index contributed by atoms with van der Waals surface area (Å²) >= 11 is 0. The van der Waals surface area contributed by atoms with Crippen LogP contribution in [-0.4, -0.2) is 29.9 Å². The Hall–Kier alpha value is -4.64. The van der Waals surface area contributed by atoms with Gasteiger partial charge in [0.15, 0.2) is 24.0 Å². The third-order valence-electron chi connectivity index (χ3n) is 5.82. The Morgan fingerprint density at radius 1 is 0.588 bits per heavy atom. The first-order valence-electron chi connectivity index (χ1n) is 10.7. The minimum Gasteiger partial charge on any atom is -0.454 e. The molecule has 0 aliphatic heterocycles. The summed E-state index contributed by atoms with van der Waals surface area (Å²) in [5.74, 6) is -1.94. The maximum atomic E-state index is 13.1. The second kappa shape index (κ2) is 8.71. The third-order valence-corrected chi connectivity index (χ3v) is 5.82. The van der Waals surface area contributed by atoms with Gasteiger partial charge in [0.25, 0.3) is 0 Å². The second-order valence-corrected chi connectivity index (χ2v) is 7.87. The zero-order valence-corrected chi connectivity index (χ0v) is 18.0. The van der Waals surface area contributed by atoms with Crippen LogP contribution < -0.4 is 0 Å². The van der Waals surface area contributed by atoms with E-state index >= 15 is 0 Å². The van der Waals surface area contributed by atoms with E-state index in [0.717, 1.165) is 11.1 Å². The molecule has 0 fully saturated rings. The van der Waals surface area contributed by atoms with Crippen LogP contribution in [0.4, 0.5) is 0 Å². The molecule has 0 atom stereocenters. The van der Waals surface area contributed by atoms with E-state index in [1.54, 1.807) is 36.4 Å². The zero-order chi connectivity index (χ0) is 23.7. The van der Waals surface area contributed by atoms with E-state index in [-0.39, 0.29) is 33.8 Å². The number of fused-ring (bicyclic) bond motifs is 2. The Morgan fingerprint density at radius 2 is 1.18 bits per heavy atom. The lowest BCUT2D eigenvalue weighted by molar-refractivity contribution is 0.0473. The normalized spacial score (nSPS) is 12.0. The van der Waals surface area contributed by atoms with Crippen LogP contribution in [0.3, 0.4) is 0 Å². The van der Waals surface area contributed by atoms with Crippen LogP contribution in [0.15, 0.2) is 97.1 Å². The molecule has 1 aliphatic carbocycles. The lowest BCUT2D eigenvalue weighted by Gasteiger charge is -2.19. The maximum Gasteiger partial charge on any atom is 0.339 e. The summed E-state index contributed by atoms with van der Waals surface area (Å²) in [6.07, 6.45) is 0. The number of Topliss-reactive ketones (excluding diaryl/α,β-unsaturated/α-hetero) is 1. The van der Waals surface area contributed by atoms with Crippen molar-refractivity contribution in [3.8, 4) is 11.1 Å². The van der Waals surface area contributed by atoms with Crippen molar-refractivity contribution in [3.63, 3.8) is 0 Å². The molecule has 0 amide bonds. The van der Waals surface area contributed by atoms with E-state index in [1.807, 2.05) is 42.5 Å². The molecule has 0 unspecified atom stereocenters. The number of hydrogen-bond donors (Lipinski definition) is 0. The highest BCUT2D eigenvalue weighted by atomic mass is 16.5. The van der Waals surface area contributed by atoms with Gasteiger partial charge < -0.3 is 4.74 Å². The molecule has 1 aliphatic rings. The van der Waals surface area contributed by atoms with Gasteiger partial charge in [-0.15, -0.1) is 0 Å². The highest BCUT2D eigenvalue weighted by Crippen LogP contribution is 2.30. The van der Waals surface area contributed by atoms with Crippen molar-refractivity contribution in [1.29, 1.82) is 0 Å². The van der Waals surface area contributed by atoms with Crippen molar-refractivity contribution in [3.05, 3.63) is 130 Å². The van der Waals surface area contributed by atoms with Gasteiger partial charge in [-0.1, -0.05) is 91.0 Å². The maximum absolute atomic E-state index is 13.1. The second-order valence-electron chi connectivity index (χ2n) is 7.87. The van der Waals surface area contributed by atoms with Crippen LogP contribution in [0.1, 0.15) is 52.6 Å². The van der Waals surface area contributed by atoms with Gasteiger partial charge >= 0.3 is 5.97 Å². The molecule has 0 bridgehead atoms. The summed E-state index contributed by atoms with van der Waals surface area (Å²) in [7, 11) is 0. The topological polar surface area (TPSA) is 77.5 Å². The fourth-order valence-corrected chi connectivity index (χ4v) is 4.09. The van der Waals surface area contributed by atoms with Crippen LogP contribution in [0, 0.1) is 0 Å². The van der Waals surface area contributed by atoms with E-state index in [4.69, 9.17) is 4.74 Å². The van der Waals surface area contributed by atoms with Crippen LogP contribution in [-0.2, 0) is 4.74 Å². The smallest absolute Gasteiger partial charge is 0.339 e. The molecule has 0 aromatic heterocycles. The Kier molecular flexibility index (Phi) is 5.44. The van der Waals surface area contributed by atoms with Crippen molar-refractivity contribution < 1.29 is 23.9 Å². The summed E-state index contributed by atoms with van der Waals surface area (Å²) in [6, 6.07) is 27.8. The number of hydrogen-bond acceptors (Lipinski definition) is 5. The molecule has 4 aromatic rings. The first-order chi connectivity index (χ1) is 16.5. The van der Waals surface area contributed by atoms with Crippen molar-refractivity contribution >= 4 is 23.3 Å². The number of carbonyl (C=O) groups is 4. The Labute approximate surface area is 195 Å². The SMILES string of the molecule is O=C(COC(=O)c1cccc2c1C(=O)c1ccccc1C2=O)c1ccc(-c2ccccc2)cc1. The molecular formula is C29H18O5. The molecule has 5 heteroatoms. The monoisotopic (exact) mass is 446 g/mol. The quantitative estimate of drug-likeness (QED) is 0.275. The van der Waals surface area contributed by atoms with Crippen LogP contribution >= 0.6 is 0 Å². The highest BCUT2D eigenvalue weighted by Gasteiger charge is 2.33. The lowest BCUT2D eigenvalue weighted by atomic mass is 9.82. The van der Waals surface area contributed by atoms with E-state index in [9.17, 15) is 19.2 Å². The van der Waals surface area contributed by atoms with Crippen molar-refractivity contribution in [2.45, 2.75) is 0 Å². The molecule has 0 radical (unpaired) electrons. The van der Waals surface area contributed by atoms with Crippen molar-refractivity contribution in [2.24, 2.45) is 0 Å². The van der Waals surface area contributed by atoms with Crippen LogP contribution in [0.2, 0.25) is 0 Å². The molecular weight excluding hydrogens is 428 g/mol. The number of ether oxygens (including phenoxy) is 1. The molecule has 34 heavy (non-hydrogen) atoms. The van der Waals surface area contributed by atoms with Crippen molar-refractivity contribution in [2.75, 3.05) is 6.61 Å². The van der Waals surface area contributed by atoms with Gasteiger partial charge in [0.1, 0.15) is 0 Å². The summed E-state index contributed by atoms with van der Waals surface area (Å²) in [5.41, 5.74) is 3.09. The predicted octanol–water partition coefficient (Wildman–Crippen LogP) is 5.17. The summed E-state index contributed by atoms with van der Waals surface area (Å²) in [5, 5.41) is 0. The minimum absolute atomic E-state index is 0.0101. The standard InChI is InChI=1S/C29H18O5/c30-25(20-15-13-19(14-16-20)18-7-2-1-3-8-18)17-34-29(33)24-12-6-11-23-26(24)28(32)22-10-5-4-9-21(22)27(23)31/h1-16H,17H2. The van der Waals surface area contributed by atoms with E-state index in [1.165, 1.54) is 18.2 Å². The zero-order valence-electron chi connectivity index (χ0n) is 18.0. The number of benzene rings is 4. The summed E-state index contributed by atoms with van der Waals surface area (Å²) in [6.45, 7) is -0.480. The number of ketones is 3. The fourth-order valence-electron chi connectivity index (χ4n) is 4.09. The first-order valence-corrected chi connectivity index (χ1v) is 10.7. The third kappa shape index (κ3) is 3.73. The van der Waals surface area contributed by atoms with Gasteiger partial charge in [0, 0.05) is 27.8 Å². The molecule has 0 N–H and O–H groups in total. The molecule has 5 nitrogen and oxygen atoms in total. The van der Waals surface area contributed by atoms with Crippen molar-refractivity contribution in [1.82, 2.24) is 0 Å². The Morgan fingerprint density at radius 3 is 1.88 bits per heavy atom. The van der Waals surface area contributed by atoms with E-state index in [2.05, 4.69) is 0 Å². The molecule has 164 valence electrons. The van der Waals surface area contributed by atoms with Crippen LogP contribution in [0.25, 0.3) is 11.1 Å². The molecule has 5 rings (SSSR count). The average Bonchev–Trinajstić information content (AvgIpc) is 2.90. The van der Waals surface area contributed by atoms with Gasteiger partial charge in [-0.05, 0) is 17.2 Å². The van der Waals surface area contributed by atoms with E-state index in [0.29, 0.717) is 11.1 Å². The number of carbonyl (C=O) groups excluding carboxylic acids is 4. The van der Waals surface area contributed by atoms with Gasteiger partial charge in [-0.25, -0.2) is 4.79 Å². The molecule has 0 saturated heterocycles. The summed E-state index contributed by atoms with van der Waals surface area (Å²) < 4.78 is 5.24. The predicted molar refractivity (Wildman–Crippen MR) is 126 cm³/mol. The Bertz CT molecular complexity index is 1450. The summed E-state index contributed by atoms with van der Waals surface area (Å²) in [4.78, 5) is 51.3. The first kappa shape index (κ1) is 21.2. The lowest BCUT2D eigenvalue weighted by Crippen LogP contribution is -2.25. The molecule has 0 saturated carbocycles. The van der Waals surface area contributed by atoms with Gasteiger partial charge in [0.05, 0.1) is 5.56 Å². The molecule has 4 aromatic carbocycles. The molecule has 0 spiro atoms. The van der Waals surface area contributed by atoms with Gasteiger partial charge in [-0.2, -0.15) is 0 Å². The Balaban J connectivity index is 1.33. The average molecular weight is 446 g/mol. The number of rotatable bonds is 5. The highest BCUT2D eigenvalue weighted by molar-refractivity contribution is 6.30. The molecule has 0 heterocycles.